The lowest BCUT2D eigenvalue weighted by atomic mass is 10.1. The molecule has 0 radical (unpaired) electrons. The van der Waals surface area contributed by atoms with Crippen LogP contribution in [0.25, 0.3) is 106 Å². The molecule has 0 aliphatic carbocycles. The van der Waals surface area contributed by atoms with Crippen molar-refractivity contribution in [3.63, 3.8) is 0 Å². The second kappa shape index (κ2) is 10.7. The third kappa shape index (κ3) is 4.26. The molecule has 0 saturated carbocycles. The zero-order chi connectivity index (χ0) is 33.5. The van der Waals surface area contributed by atoms with Crippen molar-refractivity contribution in [1.82, 2.24) is 19.5 Å². The van der Waals surface area contributed by atoms with Crippen LogP contribution in [0.5, 0.6) is 0 Å². The summed E-state index contributed by atoms with van der Waals surface area (Å²) < 4.78 is 15.1. The Hall–Kier alpha value is -7.05. The number of fused-ring (bicyclic) bond motifs is 9. The largest absolute Gasteiger partial charge is 0.456 e. The number of hydrogen-bond acceptors (Lipinski definition) is 5. The Morgan fingerprint density at radius 1 is 0.353 bits per heavy atom. The molecule has 0 saturated heterocycles. The number of aromatic nitrogens is 4. The molecule has 0 unspecified atom stereocenters. The van der Waals surface area contributed by atoms with Crippen molar-refractivity contribution in [1.29, 1.82) is 0 Å². The summed E-state index contributed by atoms with van der Waals surface area (Å²) in [5.41, 5.74) is 9.25. The minimum Gasteiger partial charge on any atom is -0.456 e. The minimum absolute atomic E-state index is 0.573. The molecule has 51 heavy (non-hydrogen) atoms. The first-order valence-electron chi connectivity index (χ1n) is 16.9. The molecule has 0 bridgehead atoms. The van der Waals surface area contributed by atoms with Gasteiger partial charge < -0.3 is 13.4 Å². The van der Waals surface area contributed by atoms with Crippen molar-refractivity contribution in [2.75, 3.05) is 0 Å². The standard InChI is InChI=1S/C45H26N4O2/c1-2-11-27(12-3-1)43-46-44(48-45(47-43)29-21-23-33-32-15-6-9-19-38(32)51-41(33)26-29)28-22-24-39-34(25-28)42-37(18-10-20-40(42)50-39)49-35-16-7-4-13-30(35)31-14-5-8-17-36(31)49/h1-26H. The van der Waals surface area contributed by atoms with E-state index in [1.165, 1.54) is 10.8 Å². The summed E-state index contributed by atoms with van der Waals surface area (Å²) in [7, 11) is 0. The fraction of sp³-hybridized carbons (Fsp3) is 0. The maximum atomic E-state index is 6.48. The molecule has 6 heteroatoms. The van der Waals surface area contributed by atoms with Crippen LogP contribution in [-0.4, -0.2) is 19.5 Å². The van der Waals surface area contributed by atoms with E-state index in [2.05, 4.69) is 89.5 Å². The Bertz CT molecular complexity index is 3100. The Labute approximate surface area is 290 Å². The third-order valence-corrected chi connectivity index (χ3v) is 9.86. The Kier molecular flexibility index (Phi) is 5.86. The van der Waals surface area contributed by atoms with Crippen molar-refractivity contribution >= 4 is 65.7 Å². The average molecular weight is 655 g/mol. The van der Waals surface area contributed by atoms with Gasteiger partial charge in [0.25, 0.3) is 0 Å². The lowest BCUT2D eigenvalue weighted by Gasteiger charge is -2.10. The quantitative estimate of drug-likeness (QED) is 0.189. The van der Waals surface area contributed by atoms with E-state index >= 15 is 0 Å². The van der Waals surface area contributed by atoms with E-state index in [1.54, 1.807) is 0 Å². The van der Waals surface area contributed by atoms with Gasteiger partial charge in [-0.25, -0.2) is 15.0 Å². The SMILES string of the molecule is c1ccc(-c2nc(-c3ccc4c(c3)oc3ccccc34)nc(-c3ccc4oc5cccc(-n6c7ccccc7c7ccccc76)c5c4c3)n2)cc1. The van der Waals surface area contributed by atoms with Gasteiger partial charge in [0.05, 0.1) is 22.1 Å². The average Bonchev–Trinajstić information content (AvgIpc) is 3.87. The first-order chi connectivity index (χ1) is 25.3. The lowest BCUT2D eigenvalue weighted by molar-refractivity contribution is 0.668. The van der Waals surface area contributed by atoms with Crippen LogP contribution in [0.1, 0.15) is 0 Å². The molecule has 0 amide bonds. The number of hydrogen-bond donors (Lipinski definition) is 0. The third-order valence-electron chi connectivity index (χ3n) is 9.86. The molecule has 7 aromatic carbocycles. The summed E-state index contributed by atoms with van der Waals surface area (Å²) in [6.07, 6.45) is 0. The van der Waals surface area contributed by atoms with Crippen LogP contribution in [0.3, 0.4) is 0 Å². The molecule has 0 aliphatic heterocycles. The van der Waals surface area contributed by atoms with E-state index in [9.17, 15) is 0 Å². The molecule has 0 fully saturated rings. The highest BCUT2D eigenvalue weighted by Crippen LogP contribution is 2.40. The topological polar surface area (TPSA) is 69.9 Å². The molecular weight excluding hydrogens is 629 g/mol. The van der Waals surface area contributed by atoms with Gasteiger partial charge in [0.1, 0.15) is 22.3 Å². The van der Waals surface area contributed by atoms with Gasteiger partial charge in [-0.1, -0.05) is 97.1 Å². The van der Waals surface area contributed by atoms with E-state index in [-0.39, 0.29) is 0 Å². The van der Waals surface area contributed by atoms with Crippen LogP contribution in [0.15, 0.2) is 167 Å². The minimum atomic E-state index is 0.573. The molecule has 6 nitrogen and oxygen atoms in total. The summed E-state index contributed by atoms with van der Waals surface area (Å²) in [5.74, 6) is 1.75. The van der Waals surface area contributed by atoms with E-state index < -0.39 is 0 Å². The maximum absolute atomic E-state index is 6.48. The summed E-state index contributed by atoms with van der Waals surface area (Å²) in [4.78, 5) is 15.1. The van der Waals surface area contributed by atoms with Crippen molar-refractivity contribution in [2.24, 2.45) is 0 Å². The molecular formula is C45H26N4O2. The van der Waals surface area contributed by atoms with Crippen molar-refractivity contribution in [2.45, 2.75) is 0 Å². The fourth-order valence-electron chi connectivity index (χ4n) is 7.53. The molecule has 0 aliphatic rings. The highest BCUT2D eigenvalue weighted by atomic mass is 16.3. The van der Waals surface area contributed by atoms with E-state index in [0.29, 0.717) is 17.5 Å². The lowest BCUT2D eigenvalue weighted by Crippen LogP contribution is -2.00. The molecule has 0 atom stereocenters. The van der Waals surface area contributed by atoms with E-state index in [0.717, 1.165) is 77.3 Å². The van der Waals surface area contributed by atoms with Crippen LogP contribution in [0.4, 0.5) is 0 Å². The first-order valence-corrected chi connectivity index (χ1v) is 16.9. The molecule has 0 N–H and O–H groups in total. The van der Waals surface area contributed by atoms with Gasteiger partial charge in [-0.05, 0) is 60.7 Å². The fourth-order valence-corrected chi connectivity index (χ4v) is 7.53. The van der Waals surface area contributed by atoms with E-state index in [4.69, 9.17) is 23.8 Å². The number of para-hydroxylation sites is 3. The normalized spacial score (nSPS) is 11.9. The van der Waals surface area contributed by atoms with Crippen LogP contribution in [0, 0.1) is 0 Å². The van der Waals surface area contributed by atoms with Gasteiger partial charge in [0.2, 0.25) is 0 Å². The van der Waals surface area contributed by atoms with Crippen molar-refractivity contribution in [3.05, 3.63) is 158 Å². The first kappa shape index (κ1) is 27.9. The highest BCUT2D eigenvalue weighted by Gasteiger charge is 2.20. The van der Waals surface area contributed by atoms with Gasteiger partial charge >= 0.3 is 0 Å². The molecule has 11 aromatic rings. The second-order valence-corrected chi connectivity index (χ2v) is 12.8. The van der Waals surface area contributed by atoms with Gasteiger partial charge in [-0.3, -0.25) is 0 Å². The van der Waals surface area contributed by atoms with Gasteiger partial charge in [0, 0.05) is 43.6 Å². The van der Waals surface area contributed by atoms with Gasteiger partial charge in [0.15, 0.2) is 17.5 Å². The van der Waals surface area contributed by atoms with Crippen LogP contribution >= 0.6 is 0 Å². The smallest absolute Gasteiger partial charge is 0.164 e. The number of benzene rings is 7. The van der Waals surface area contributed by atoms with Gasteiger partial charge in [-0.2, -0.15) is 0 Å². The summed E-state index contributed by atoms with van der Waals surface area (Å²) in [5, 5.41) is 6.60. The maximum Gasteiger partial charge on any atom is 0.164 e. The monoisotopic (exact) mass is 654 g/mol. The van der Waals surface area contributed by atoms with Crippen molar-refractivity contribution in [3.8, 4) is 39.9 Å². The molecule has 4 heterocycles. The summed E-state index contributed by atoms with van der Waals surface area (Å²) >= 11 is 0. The number of nitrogens with zero attached hydrogens (tertiary/aromatic N) is 4. The zero-order valence-corrected chi connectivity index (χ0v) is 27.1. The van der Waals surface area contributed by atoms with E-state index in [1.807, 2.05) is 72.8 Å². The number of furan rings is 2. The second-order valence-electron chi connectivity index (χ2n) is 12.8. The Morgan fingerprint density at radius 3 is 1.67 bits per heavy atom. The van der Waals surface area contributed by atoms with Gasteiger partial charge in [-0.15, -0.1) is 0 Å². The molecule has 0 spiro atoms. The highest BCUT2D eigenvalue weighted by molar-refractivity contribution is 6.15. The van der Waals surface area contributed by atoms with Crippen LogP contribution in [-0.2, 0) is 0 Å². The predicted molar refractivity (Wildman–Crippen MR) is 205 cm³/mol. The summed E-state index contributed by atoms with van der Waals surface area (Å²) in [6.45, 7) is 0. The zero-order valence-electron chi connectivity index (χ0n) is 27.1. The van der Waals surface area contributed by atoms with Crippen LogP contribution < -0.4 is 0 Å². The Balaban J connectivity index is 1.13. The van der Waals surface area contributed by atoms with Crippen molar-refractivity contribution < 1.29 is 8.83 Å². The number of rotatable bonds is 4. The molecule has 11 rings (SSSR count). The van der Waals surface area contributed by atoms with Crippen LogP contribution in [0.2, 0.25) is 0 Å². The molecule has 4 aromatic heterocycles. The Morgan fingerprint density at radius 2 is 0.902 bits per heavy atom. The predicted octanol–water partition coefficient (Wildman–Crippen LogP) is 11.8. The summed E-state index contributed by atoms with van der Waals surface area (Å²) in [6, 6.07) is 53.9. The molecule has 238 valence electrons.